The Labute approximate surface area is 111 Å². The van der Waals surface area contributed by atoms with Crippen LogP contribution in [0.1, 0.15) is 12.7 Å². The van der Waals surface area contributed by atoms with Crippen molar-refractivity contribution in [3.8, 4) is 11.6 Å². The summed E-state index contributed by atoms with van der Waals surface area (Å²) < 4.78 is 5.65. The molecular formula is C13H14ClN3O. The zero-order chi connectivity index (χ0) is 13.0. The predicted molar refractivity (Wildman–Crippen MR) is 72.5 cm³/mol. The van der Waals surface area contributed by atoms with Crippen molar-refractivity contribution in [2.24, 2.45) is 0 Å². The van der Waals surface area contributed by atoms with Gasteiger partial charge in [0.2, 0.25) is 5.88 Å². The summed E-state index contributed by atoms with van der Waals surface area (Å²) in [6, 6.07) is 8.96. The van der Waals surface area contributed by atoms with Gasteiger partial charge in [0.1, 0.15) is 17.4 Å². The van der Waals surface area contributed by atoms with Crippen molar-refractivity contribution in [3.05, 3.63) is 41.2 Å². The van der Waals surface area contributed by atoms with Gasteiger partial charge in [-0.25, -0.2) is 4.98 Å². The van der Waals surface area contributed by atoms with Crippen LogP contribution in [0.25, 0.3) is 0 Å². The largest absolute Gasteiger partial charge is 0.439 e. The zero-order valence-electron chi connectivity index (χ0n) is 10.3. The normalized spacial score (nSPS) is 10.2. The van der Waals surface area contributed by atoms with Crippen LogP contribution in [0.3, 0.4) is 0 Å². The van der Waals surface area contributed by atoms with Gasteiger partial charge in [-0.15, -0.1) is 0 Å². The highest BCUT2D eigenvalue weighted by molar-refractivity contribution is 6.30. The van der Waals surface area contributed by atoms with E-state index in [4.69, 9.17) is 16.3 Å². The van der Waals surface area contributed by atoms with Gasteiger partial charge in [0.15, 0.2) is 0 Å². The van der Waals surface area contributed by atoms with Crippen LogP contribution in [-0.4, -0.2) is 16.5 Å². The summed E-state index contributed by atoms with van der Waals surface area (Å²) in [5, 5.41) is 3.76. The van der Waals surface area contributed by atoms with E-state index in [1.165, 1.54) is 0 Å². The second-order valence-electron chi connectivity index (χ2n) is 3.73. The van der Waals surface area contributed by atoms with Crippen LogP contribution in [0.4, 0.5) is 5.82 Å². The van der Waals surface area contributed by atoms with E-state index >= 15 is 0 Å². The monoisotopic (exact) mass is 263 g/mol. The van der Waals surface area contributed by atoms with Crippen LogP contribution in [0.15, 0.2) is 30.3 Å². The van der Waals surface area contributed by atoms with Crippen molar-refractivity contribution in [2.45, 2.75) is 13.8 Å². The fourth-order valence-electron chi connectivity index (χ4n) is 1.52. The fraction of sp³-hybridized carbons (Fsp3) is 0.231. The quantitative estimate of drug-likeness (QED) is 0.914. The summed E-state index contributed by atoms with van der Waals surface area (Å²) in [7, 11) is 0. The molecule has 1 N–H and O–H groups in total. The van der Waals surface area contributed by atoms with Crippen LogP contribution >= 0.6 is 11.6 Å². The van der Waals surface area contributed by atoms with Crippen molar-refractivity contribution in [1.29, 1.82) is 0 Å². The van der Waals surface area contributed by atoms with Gasteiger partial charge < -0.3 is 10.1 Å². The molecule has 0 saturated heterocycles. The number of hydrogen-bond acceptors (Lipinski definition) is 4. The van der Waals surface area contributed by atoms with Crippen molar-refractivity contribution >= 4 is 17.4 Å². The molecule has 0 aliphatic rings. The summed E-state index contributed by atoms with van der Waals surface area (Å²) in [4.78, 5) is 8.48. The average Bonchev–Trinajstić information content (AvgIpc) is 2.28. The van der Waals surface area contributed by atoms with Gasteiger partial charge in [-0.2, -0.15) is 4.98 Å². The Morgan fingerprint density at radius 3 is 2.83 bits per heavy atom. The molecule has 2 rings (SSSR count). The Balaban J connectivity index is 2.23. The summed E-state index contributed by atoms with van der Waals surface area (Å²) in [5.41, 5.74) is 0. The standard InChI is InChI=1S/C13H14ClN3O/c1-3-15-12-8-13(17-9(2)16-12)18-11-6-4-5-10(14)7-11/h4-8H,3H2,1-2H3,(H,15,16,17). The van der Waals surface area contributed by atoms with Crippen molar-refractivity contribution in [3.63, 3.8) is 0 Å². The average molecular weight is 264 g/mol. The summed E-state index contributed by atoms with van der Waals surface area (Å²) in [6.07, 6.45) is 0. The van der Waals surface area contributed by atoms with Crippen LogP contribution in [0, 0.1) is 6.92 Å². The number of rotatable bonds is 4. The molecule has 1 aromatic heterocycles. The summed E-state index contributed by atoms with van der Waals surface area (Å²) in [6.45, 7) is 4.63. The van der Waals surface area contributed by atoms with Crippen molar-refractivity contribution < 1.29 is 4.74 Å². The highest BCUT2D eigenvalue weighted by atomic mass is 35.5. The smallest absolute Gasteiger partial charge is 0.224 e. The maximum Gasteiger partial charge on any atom is 0.224 e. The molecule has 0 aliphatic carbocycles. The van der Waals surface area contributed by atoms with Gasteiger partial charge in [-0.3, -0.25) is 0 Å². The van der Waals surface area contributed by atoms with Gasteiger partial charge in [0, 0.05) is 17.6 Å². The zero-order valence-corrected chi connectivity index (χ0v) is 11.0. The Morgan fingerprint density at radius 1 is 1.28 bits per heavy atom. The minimum absolute atomic E-state index is 0.501. The van der Waals surface area contributed by atoms with E-state index in [0.717, 1.165) is 12.4 Å². The number of halogens is 1. The molecule has 0 amide bonds. The van der Waals surface area contributed by atoms with E-state index in [1.54, 1.807) is 18.2 Å². The Hall–Kier alpha value is -1.81. The Morgan fingerprint density at radius 2 is 2.11 bits per heavy atom. The molecule has 0 aliphatic heterocycles. The lowest BCUT2D eigenvalue weighted by molar-refractivity contribution is 0.460. The first-order valence-electron chi connectivity index (χ1n) is 5.70. The second kappa shape index (κ2) is 5.69. The number of aromatic nitrogens is 2. The number of nitrogens with zero attached hydrogens (tertiary/aromatic N) is 2. The fourth-order valence-corrected chi connectivity index (χ4v) is 1.70. The number of ether oxygens (including phenoxy) is 1. The van der Waals surface area contributed by atoms with E-state index in [2.05, 4.69) is 15.3 Å². The highest BCUT2D eigenvalue weighted by Gasteiger charge is 2.04. The van der Waals surface area contributed by atoms with Crippen molar-refractivity contribution in [2.75, 3.05) is 11.9 Å². The molecular weight excluding hydrogens is 250 g/mol. The van der Waals surface area contributed by atoms with E-state index in [-0.39, 0.29) is 0 Å². The molecule has 1 heterocycles. The molecule has 5 heteroatoms. The van der Waals surface area contributed by atoms with Gasteiger partial charge in [-0.05, 0) is 32.0 Å². The molecule has 0 unspecified atom stereocenters. The number of hydrogen-bond donors (Lipinski definition) is 1. The molecule has 4 nitrogen and oxygen atoms in total. The molecule has 2 aromatic rings. The molecule has 0 spiro atoms. The molecule has 0 saturated carbocycles. The van der Waals surface area contributed by atoms with E-state index in [0.29, 0.717) is 22.5 Å². The number of benzene rings is 1. The Bertz CT molecular complexity index is 546. The lowest BCUT2D eigenvalue weighted by atomic mass is 10.3. The van der Waals surface area contributed by atoms with E-state index < -0.39 is 0 Å². The molecule has 0 atom stereocenters. The van der Waals surface area contributed by atoms with Crippen molar-refractivity contribution in [1.82, 2.24) is 9.97 Å². The number of anilines is 1. The van der Waals surface area contributed by atoms with E-state index in [1.807, 2.05) is 26.0 Å². The predicted octanol–water partition coefficient (Wildman–Crippen LogP) is 3.66. The summed E-state index contributed by atoms with van der Waals surface area (Å²) >= 11 is 5.90. The molecule has 0 radical (unpaired) electrons. The van der Waals surface area contributed by atoms with Gasteiger partial charge in [0.05, 0.1) is 0 Å². The molecule has 0 fully saturated rings. The molecule has 18 heavy (non-hydrogen) atoms. The third kappa shape index (κ3) is 3.34. The second-order valence-corrected chi connectivity index (χ2v) is 4.16. The first-order chi connectivity index (χ1) is 8.67. The lowest BCUT2D eigenvalue weighted by Crippen LogP contribution is -2.02. The maximum atomic E-state index is 5.90. The van der Waals surface area contributed by atoms with Crippen LogP contribution < -0.4 is 10.1 Å². The highest BCUT2D eigenvalue weighted by Crippen LogP contribution is 2.24. The van der Waals surface area contributed by atoms with Crippen LogP contribution in [0.5, 0.6) is 11.6 Å². The third-order valence-electron chi connectivity index (χ3n) is 2.19. The van der Waals surface area contributed by atoms with Gasteiger partial charge in [-0.1, -0.05) is 17.7 Å². The molecule has 0 bridgehead atoms. The van der Waals surface area contributed by atoms with Crippen LogP contribution in [-0.2, 0) is 0 Å². The van der Waals surface area contributed by atoms with Gasteiger partial charge in [0.25, 0.3) is 0 Å². The minimum atomic E-state index is 0.501. The topological polar surface area (TPSA) is 47.0 Å². The lowest BCUT2D eigenvalue weighted by Gasteiger charge is -2.08. The van der Waals surface area contributed by atoms with E-state index in [9.17, 15) is 0 Å². The van der Waals surface area contributed by atoms with Crippen LogP contribution in [0.2, 0.25) is 5.02 Å². The summed E-state index contributed by atoms with van der Waals surface area (Å²) in [5.74, 6) is 2.57. The SMILES string of the molecule is CCNc1cc(Oc2cccc(Cl)c2)nc(C)n1. The minimum Gasteiger partial charge on any atom is -0.439 e. The van der Waals surface area contributed by atoms with Gasteiger partial charge >= 0.3 is 0 Å². The molecule has 1 aromatic carbocycles. The Kier molecular flexibility index (Phi) is 3.99. The first-order valence-corrected chi connectivity index (χ1v) is 6.08. The maximum absolute atomic E-state index is 5.90. The number of nitrogens with one attached hydrogen (secondary N) is 1. The molecule has 94 valence electrons. The number of aryl methyl sites for hydroxylation is 1. The third-order valence-corrected chi connectivity index (χ3v) is 2.43. The first kappa shape index (κ1) is 12.6.